The van der Waals surface area contributed by atoms with E-state index in [1.165, 1.54) is 32.1 Å². The number of nitrogens with two attached hydrogens (primary N) is 1. The van der Waals surface area contributed by atoms with Crippen LogP contribution in [0.2, 0.25) is 0 Å². The van der Waals surface area contributed by atoms with E-state index in [1.807, 2.05) is 0 Å². The summed E-state index contributed by atoms with van der Waals surface area (Å²) in [4.78, 5) is 16.0. The van der Waals surface area contributed by atoms with Gasteiger partial charge in [0.2, 0.25) is 0 Å². The van der Waals surface area contributed by atoms with Crippen molar-refractivity contribution in [1.29, 1.82) is 0 Å². The molecule has 0 aliphatic heterocycles. The molecule has 0 saturated heterocycles. The average molecular weight is 248 g/mol. The number of anilines is 1. The summed E-state index contributed by atoms with van der Waals surface area (Å²) in [6.45, 7) is 0.751. The number of hydrogen-bond donors (Lipinski definition) is 3. The molecule has 1 fully saturated rings. The van der Waals surface area contributed by atoms with Crippen LogP contribution in [0.25, 0.3) is 0 Å². The lowest BCUT2D eigenvalue weighted by atomic mass is 9.89. The zero-order valence-corrected chi connectivity index (χ0v) is 10.5. The summed E-state index contributed by atoms with van der Waals surface area (Å²) in [7, 11) is 0. The predicted molar refractivity (Wildman–Crippen MR) is 71.0 cm³/mol. The second-order valence-electron chi connectivity index (χ2n) is 4.77. The first-order valence-electron chi connectivity index (χ1n) is 6.51. The van der Waals surface area contributed by atoms with Crippen molar-refractivity contribution in [3.63, 3.8) is 0 Å². The highest BCUT2D eigenvalue weighted by Gasteiger charge is 2.15. The number of pyridine rings is 1. The van der Waals surface area contributed by atoms with Crippen LogP contribution in [0.1, 0.15) is 42.6 Å². The van der Waals surface area contributed by atoms with Gasteiger partial charge in [0.15, 0.2) is 0 Å². The van der Waals surface area contributed by atoms with E-state index in [1.54, 1.807) is 18.2 Å². The number of nitrogens with zero attached hydrogens (tertiary/aromatic N) is 1. The maximum absolute atomic E-state index is 11.9. The van der Waals surface area contributed by atoms with Crippen LogP contribution in [-0.2, 0) is 0 Å². The monoisotopic (exact) mass is 248 g/mol. The van der Waals surface area contributed by atoms with Crippen LogP contribution in [0, 0.1) is 5.92 Å². The van der Waals surface area contributed by atoms with Crippen LogP contribution < -0.4 is 16.6 Å². The highest BCUT2D eigenvalue weighted by atomic mass is 16.1. The van der Waals surface area contributed by atoms with E-state index >= 15 is 0 Å². The SMILES string of the molecule is NNc1cccc(C(=O)NCC2CCCCC2)n1. The summed E-state index contributed by atoms with van der Waals surface area (Å²) in [6, 6.07) is 5.17. The first-order valence-corrected chi connectivity index (χ1v) is 6.51. The van der Waals surface area contributed by atoms with Gasteiger partial charge < -0.3 is 10.7 Å². The largest absolute Gasteiger partial charge is 0.350 e. The summed E-state index contributed by atoms with van der Waals surface area (Å²) < 4.78 is 0. The fraction of sp³-hybridized carbons (Fsp3) is 0.538. The van der Waals surface area contributed by atoms with Crippen molar-refractivity contribution < 1.29 is 4.79 Å². The Morgan fingerprint density at radius 2 is 2.11 bits per heavy atom. The summed E-state index contributed by atoms with van der Waals surface area (Å²) in [5.74, 6) is 6.26. The standard InChI is InChI=1S/C13H20N4O/c14-17-12-8-4-7-11(16-12)13(18)15-9-10-5-2-1-3-6-10/h4,7-8,10H,1-3,5-6,9,14H2,(H,15,18)(H,16,17). The Hall–Kier alpha value is -1.62. The Labute approximate surface area is 107 Å². The third-order valence-electron chi connectivity index (χ3n) is 3.41. The van der Waals surface area contributed by atoms with Crippen LogP contribution in [-0.4, -0.2) is 17.4 Å². The van der Waals surface area contributed by atoms with E-state index in [9.17, 15) is 4.79 Å². The molecule has 0 atom stereocenters. The molecule has 5 heteroatoms. The Balaban J connectivity index is 1.86. The molecule has 1 aromatic rings. The molecule has 0 unspecified atom stereocenters. The molecular formula is C13H20N4O. The minimum atomic E-state index is -0.127. The van der Waals surface area contributed by atoms with E-state index in [0.717, 1.165) is 6.54 Å². The Kier molecular flexibility index (Phi) is 4.52. The molecule has 1 aliphatic carbocycles. The zero-order valence-electron chi connectivity index (χ0n) is 10.5. The molecule has 0 spiro atoms. The lowest BCUT2D eigenvalue weighted by molar-refractivity contribution is 0.0938. The second-order valence-corrected chi connectivity index (χ2v) is 4.77. The van der Waals surface area contributed by atoms with Crippen molar-refractivity contribution in [2.24, 2.45) is 11.8 Å². The maximum atomic E-state index is 11.9. The first kappa shape index (κ1) is 12.8. The van der Waals surface area contributed by atoms with Gasteiger partial charge in [-0.05, 0) is 30.9 Å². The first-order chi connectivity index (χ1) is 8.79. The second kappa shape index (κ2) is 6.35. The molecule has 0 bridgehead atoms. The summed E-state index contributed by atoms with van der Waals surface area (Å²) in [6.07, 6.45) is 6.34. The summed E-state index contributed by atoms with van der Waals surface area (Å²) in [5, 5.41) is 2.95. The Morgan fingerprint density at radius 1 is 1.33 bits per heavy atom. The third-order valence-corrected chi connectivity index (χ3v) is 3.41. The van der Waals surface area contributed by atoms with Gasteiger partial charge in [-0.15, -0.1) is 0 Å². The third kappa shape index (κ3) is 3.43. The number of nitrogens with one attached hydrogen (secondary N) is 2. The van der Waals surface area contributed by atoms with Crippen LogP contribution in [0.5, 0.6) is 0 Å². The summed E-state index contributed by atoms with van der Waals surface area (Å²) in [5.41, 5.74) is 2.84. The van der Waals surface area contributed by atoms with Crippen LogP contribution in [0.4, 0.5) is 5.82 Å². The topological polar surface area (TPSA) is 80.0 Å². The van der Waals surface area contributed by atoms with E-state index in [4.69, 9.17) is 5.84 Å². The quantitative estimate of drug-likeness (QED) is 0.559. The van der Waals surface area contributed by atoms with Crippen LogP contribution >= 0.6 is 0 Å². The Morgan fingerprint density at radius 3 is 2.83 bits per heavy atom. The molecule has 5 nitrogen and oxygen atoms in total. The Bertz CT molecular complexity index is 402. The van der Waals surface area contributed by atoms with Crippen LogP contribution in [0.3, 0.4) is 0 Å². The summed E-state index contributed by atoms with van der Waals surface area (Å²) >= 11 is 0. The van der Waals surface area contributed by atoms with Gasteiger partial charge in [-0.3, -0.25) is 4.79 Å². The van der Waals surface area contributed by atoms with E-state index in [2.05, 4.69) is 15.7 Å². The predicted octanol–water partition coefficient (Wildman–Crippen LogP) is 1.68. The van der Waals surface area contributed by atoms with Gasteiger partial charge in [0.25, 0.3) is 5.91 Å². The molecule has 2 rings (SSSR count). The fourth-order valence-electron chi connectivity index (χ4n) is 2.36. The van der Waals surface area contributed by atoms with Gasteiger partial charge in [-0.1, -0.05) is 25.3 Å². The number of aromatic nitrogens is 1. The molecule has 1 aromatic heterocycles. The molecule has 1 amide bonds. The molecule has 4 N–H and O–H groups in total. The highest BCUT2D eigenvalue weighted by molar-refractivity contribution is 5.92. The maximum Gasteiger partial charge on any atom is 0.269 e. The number of hydrogen-bond acceptors (Lipinski definition) is 4. The van der Waals surface area contributed by atoms with Gasteiger partial charge >= 0.3 is 0 Å². The number of nitrogen functional groups attached to an aromatic ring is 1. The number of carbonyl (C=O) groups excluding carboxylic acids is 1. The fourth-order valence-corrected chi connectivity index (χ4v) is 2.36. The van der Waals surface area contributed by atoms with Gasteiger partial charge in [0.1, 0.15) is 11.5 Å². The smallest absolute Gasteiger partial charge is 0.269 e. The molecule has 0 radical (unpaired) electrons. The van der Waals surface area contributed by atoms with Gasteiger partial charge in [-0.25, -0.2) is 10.8 Å². The molecule has 0 aromatic carbocycles. The lowest BCUT2D eigenvalue weighted by Crippen LogP contribution is -2.31. The van der Waals surface area contributed by atoms with Crippen molar-refractivity contribution in [3.8, 4) is 0 Å². The van der Waals surface area contributed by atoms with Crippen molar-refractivity contribution in [2.75, 3.05) is 12.0 Å². The van der Waals surface area contributed by atoms with Gasteiger partial charge in [0, 0.05) is 6.54 Å². The van der Waals surface area contributed by atoms with E-state index in [0.29, 0.717) is 17.4 Å². The van der Waals surface area contributed by atoms with Crippen molar-refractivity contribution in [2.45, 2.75) is 32.1 Å². The van der Waals surface area contributed by atoms with Crippen molar-refractivity contribution in [1.82, 2.24) is 10.3 Å². The number of rotatable bonds is 4. The molecular weight excluding hydrogens is 228 g/mol. The van der Waals surface area contributed by atoms with E-state index in [-0.39, 0.29) is 5.91 Å². The number of amides is 1. The normalized spacial score (nSPS) is 16.3. The minimum absolute atomic E-state index is 0.127. The van der Waals surface area contributed by atoms with Crippen LogP contribution in [0.15, 0.2) is 18.2 Å². The zero-order chi connectivity index (χ0) is 12.8. The molecule has 98 valence electrons. The molecule has 18 heavy (non-hydrogen) atoms. The lowest BCUT2D eigenvalue weighted by Gasteiger charge is -2.21. The molecule has 1 saturated carbocycles. The minimum Gasteiger partial charge on any atom is -0.350 e. The van der Waals surface area contributed by atoms with Crippen molar-refractivity contribution >= 4 is 11.7 Å². The number of hydrazine groups is 1. The van der Waals surface area contributed by atoms with Crippen molar-refractivity contribution in [3.05, 3.63) is 23.9 Å². The van der Waals surface area contributed by atoms with E-state index < -0.39 is 0 Å². The number of carbonyl (C=O) groups is 1. The van der Waals surface area contributed by atoms with Gasteiger partial charge in [0.05, 0.1) is 0 Å². The molecule has 1 heterocycles. The average Bonchev–Trinajstić information content (AvgIpc) is 2.46. The highest BCUT2D eigenvalue weighted by Crippen LogP contribution is 2.22. The molecule has 1 aliphatic rings. The van der Waals surface area contributed by atoms with Gasteiger partial charge in [-0.2, -0.15) is 0 Å².